The van der Waals surface area contributed by atoms with Crippen LogP contribution in [-0.2, 0) is 5.41 Å². The molecule has 450 valence electrons. The third-order valence-corrected chi connectivity index (χ3v) is 19.3. The second kappa shape index (κ2) is 21.3. The Morgan fingerprint density at radius 3 is 1.22 bits per heavy atom. The van der Waals surface area contributed by atoms with Crippen molar-refractivity contribution in [3.63, 3.8) is 0 Å². The van der Waals surface area contributed by atoms with Gasteiger partial charge in [-0.05, 0) is 153 Å². The van der Waals surface area contributed by atoms with Crippen LogP contribution in [0.15, 0.2) is 315 Å². The van der Waals surface area contributed by atoms with Crippen LogP contribution in [-0.4, -0.2) is 20.4 Å². The zero-order chi connectivity index (χ0) is 77.8. The van der Waals surface area contributed by atoms with Crippen molar-refractivity contribution in [2.45, 2.75) is 26.2 Å². The van der Waals surface area contributed by atoms with Gasteiger partial charge in [0.1, 0.15) is 6.07 Å². The van der Waals surface area contributed by atoms with Crippen LogP contribution < -0.4 is 26.2 Å². The molecule has 2 aliphatic rings. The molecule has 19 rings (SSSR count). The van der Waals surface area contributed by atoms with E-state index in [2.05, 4.69) is 102 Å². The zero-order valence-electron chi connectivity index (χ0n) is 68.0. The average Bonchev–Trinajstić information content (AvgIpc) is 1.19. The summed E-state index contributed by atoms with van der Waals surface area (Å²) in [7, 11) is 0. The smallest absolute Gasteiger partial charge is 0.252 e. The average molecular weight is 1240 g/mol. The van der Waals surface area contributed by atoms with E-state index in [0.29, 0.717) is 56.3 Å². The van der Waals surface area contributed by atoms with E-state index in [1.54, 1.807) is 6.07 Å². The van der Waals surface area contributed by atoms with Crippen molar-refractivity contribution >= 4 is 123 Å². The SMILES string of the molecule is [2H]c1c([2H])c([2H])c2c(c1[2H])c1c([2H])c([2H])c([2H])c([2H])c1n2-c1ccc2c(c1)N(c1ccc(C#N)c(-n3c4ccccc4c4ccccc43)c1)c1cc(-c3ccccc3)cc3c1B2c1ccc(-n2c4c([2H])c([2H])c([2H])c([2H])c4c4c([2H])c([2H])c([2H])c([2H])c42)cc1N3c1c(-c2ccccc2)cc(C(C)(C)C)cc1-c1ccccc1. The molecule has 17 aromatic rings. The Kier molecular flexibility index (Phi) is 9.18. The van der Waals surface area contributed by atoms with Gasteiger partial charge in [-0.1, -0.05) is 233 Å². The Bertz CT molecular complexity index is 6840. The lowest BCUT2D eigenvalue weighted by Crippen LogP contribution is -2.61. The van der Waals surface area contributed by atoms with Crippen LogP contribution in [0.2, 0.25) is 0 Å². The highest BCUT2D eigenvalue weighted by molar-refractivity contribution is 7.00. The van der Waals surface area contributed by atoms with Gasteiger partial charge >= 0.3 is 0 Å². The van der Waals surface area contributed by atoms with Gasteiger partial charge in [-0.15, -0.1) is 0 Å². The molecule has 0 N–H and O–H groups in total. The van der Waals surface area contributed by atoms with Crippen molar-refractivity contribution in [3.05, 3.63) is 326 Å². The molecule has 2 aliphatic heterocycles. The van der Waals surface area contributed by atoms with E-state index in [1.807, 2.05) is 152 Å². The minimum absolute atomic E-state index is 0.0671. The molecule has 0 radical (unpaired) electrons. The number of benzene rings is 14. The molecule has 0 unspecified atom stereocenters. The first-order chi connectivity index (χ1) is 53.9. The van der Waals surface area contributed by atoms with E-state index in [1.165, 1.54) is 9.13 Å². The van der Waals surface area contributed by atoms with Crippen LogP contribution in [0.25, 0.3) is 116 Å². The van der Waals surface area contributed by atoms with Gasteiger partial charge < -0.3 is 23.5 Å². The van der Waals surface area contributed by atoms with Gasteiger partial charge in [-0.3, -0.25) is 0 Å². The first-order valence-electron chi connectivity index (χ1n) is 39.9. The molecule has 0 atom stereocenters. The van der Waals surface area contributed by atoms with Crippen molar-refractivity contribution in [2.24, 2.45) is 0 Å². The van der Waals surface area contributed by atoms with Crippen molar-refractivity contribution in [1.82, 2.24) is 13.7 Å². The van der Waals surface area contributed by atoms with E-state index in [9.17, 15) is 21.7 Å². The summed E-state index contributed by atoms with van der Waals surface area (Å²) in [6.07, 6.45) is 0. The number of nitriles is 1. The first kappa shape index (κ1) is 41.3. The Balaban J connectivity index is 1.01. The number of fused-ring (bicyclic) bond motifs is 13. The van der Waals surface area contributed by atoms with Crippen LogP contribution in [0.3, 0.4) is 0 Å². The Morgan fingerprint density at radius 1 is 0.344 bits per heavy atom. The molecule has 0 saturated heterocycles. The minimum atomic E-state index is -0.791. The summed E-state index contributed by atoms with van der Waals surface area (Å²) in [6.45, 7) is 5.75. The van der Waals surface area contributed by atoms with E-state index in [-0.39, 0.29) is 49.3 Å². The number of rotatable bonds is 8. The van der Waals surface area contributed by atoms with E-state index < -0.39 is 109 Å². The van der Waals surface area contributed by atoms with Crippen molar-refractivity contribution in [1.29, 1.82) is 5.26 Å². The molecule has 0 bridgehead atoms. The van der Waals surface area contributed by atoms with E-state index >= 15 is 0 Å². The summed E-state index contributed by atoms with van der Waals surface area (Å²) >= 11 is 0. The van der Waals surface area contributed by atoms with E-state index in [0.717, 1.165) is 71.9 Å². The first-order valence-corrected chi connectivity index (χ1v) is 31.9. The summed E-state index contributed by atoms with van der Waals surface area (Å²) in [5.41, 5.74) is 14.3. The molecule has 0 aliphatic carbocycles. The lowest BCUT2D eigenvalue weighted by molar-refractivity contribution is 0.591. The second-order valence-corrected chi connectivity index (χ2v) is 25.5. The highest BCUT2D eigenvalue weighted by Crippen LogP contribution is 2.53. The number of hydrogen-bond donors (Lipinski definition) is 0. The molecule has 5 heterocycles. The van der Waals surface area contributed by atoms with E-state index in [4.69, 9.17) is 5.48 Å². The molecule has 3 aromatic heterocycles. The van der Waals surface area contributed by atoms with Gasteiger partial charge in [-0.25, -0.2) is 0 Å². The maximum Gasteiger partial charge on any atom is 0.252 e. The van der Waals surface area contributed by atoms with Crippen LogP contribution >= 0.6 is 0 Å². The highest BCUT2D eigenvalue weighted by atomic mass is 15.2. The fourth-order valence-corrected chi connectivity index (χ4v) is 15.0. The standard InChI is InChI=1S/C89H61BN6/c1-89(2,3)62-51-72(58-27-9-5-10-28-58)88(73(52-62)59-29-11-6-12-30-59)96-84-55-65(93-78-39-21-15-33-68(78)69-34-16-22-40-79(69)93)46-48-75(84)90-74-47-45-64(92-76-37-19-13-31-66(76)67-32-14-20-38-77(67)92)54-83(74)94(85-49-61(50-86(96)87(85)90)57-25-7-4-8-26-57)63-44-43-60(56-91)82(53-63)95-80-41-23-17-35-70(80)71-36-18-24-42-81(71)95/h4-55H,1-3H3/i13D,14D,15D,16D,19D,20D,21D,22D,31D,32D,33D,34D,37D,38D,39D,40D. The lowest BCUT2D eigenvalue weighted by Gasteiger charge is -2.45. The number of aromatic nitrogens is 3. The van der Waals surface area contributed by atoms with Crippen molar-refractivity contribution in [2.75, 3.05) is 9.80 Å². The molecule has 96 heavy (non-hydrogen) atoms. The molecule has 14 aromatic carbocycles. The number of anilines is 6. The van der Waals surface area contributed by atoms with Gasteiger partial charge in [0.15, 0.2) is 0 Å². The predicted molar refractivity (Wildman–Crippen MR) is 403 cm³/mol. The fraction of sp³-hybridized carbons (Fsp3) is 0.0449. The summed E-state index contributed by atoms with van der Waals surface area (Å²) in [4.78, 5) is 4.42. The Hall–Kier alpha value is -12.4. The van der Waals surface area contributed by atoms with Crippen LogP contribution in [0.5, 0.6) is 0 Å². The van der Waals surface area contributed by atoms with Gasteiger partial charge in [-0.2, -0.15) is 5.26 Å². The largest absolute Gasteiger partial charge is 0.311 e. The third-order valence-electron chi connectivity index (χ3n) is 19.3. The Morgan fingerprint density at radius 2 is 0.750 bits per heavy atom. The topological polar surface area (TPSA) is 45.1 Å². The van der Waals surface area contributed by atoms with Crippen molar-refractivity contribution in [3.8, 4) is 56.5 Å². The number of hydrogen-bond acceptors (Lipinski definition) is 3. The minimum Gasteiger partial charge on any atom is -0.311 e. The van der Waals surface area contributed by atoms with Gasteiger partial charge in [0.05, 0.1) is 72.0 Å². The van der Waals surface area contributed by atoms with Crippen LogP contribution in [0.4, 0.5) is 34.1 Å². The molecule has 0 amide bonds. The monoisotopic (exact) mass is 1240 g/mol. The molecule has 0 saturated carbocycles. The molecule has 0 fully saturated rings. The summed E-state index contributed by atoms with van der Waals surface area (Å²) < 4.78 is 155. The highest BCUT2D eigenvalue weighted by Gasteiger charge is 2.45. The molecular weight excluding hydrogens is 1160 g/mol. The lowest BCUT2D eigenvalue weighted by atomic mass is 9.33. The molecule has 0 spiro atoms. The van der Waals surface area contributed by atoms with Gasteiger partial charge in [0, 0.05) is 83.3 Å². The summed E-state index contributed by atoms with van der Waals surface area (Å²) in [5.74, 6) is 0. The quantitative estimate of drug-likeness (QED) is 0.142. The Labute approximate surface area is 579 Å². The molecular formula is C89H61BN6. The third kappa shape index (κ3) is 8.32. The van der Waals surface area contributed by atoms with Crippen LogP contribution in [0, 0.1) is 11.3 Å². The normalized spacial score (nSPS) is 15.0. The summed E-state index contributed by atoms with van der Waals surface area (Å²) in [6, 6.07) is 66.4. The molecule has 6 nitrogen and oxygen atoms in total. The number of nitrogens with zero attached hydrogens (tertiary/aromatic N) is 6. The fourth-order valence-electron chi connectivity index (χ4n) is 15.0. The maximum atomic E-state index is 11.4. The van der Waals surface area contributed by atoms with Crippen LogP contribution in [0.1, 0.15) is 53.8 Å². The maximum absolute atomic E-state index is 11.4. The van der Waals surface area contributed by atoms with Gasteiger partial charge in [0.25, 0.3) is 6.71 Å². The molecule has 7 heteroatoms. The van der Waals surface area contributed by atoms with Gasteiger partial charge in [0.2, 0.25) is 0 Å². The zero-order valence-corrected chi connectivity index (χ0v) is 52.0. The number of para-hydroxylation sites is 6. The summed E-state index contributed by atoms with van der Waals surface area (Å²) in [5, 5.41) is 13.0. The second-order valence-electron chi connectivity index (χ2n) is 25.5. The predicted octanol–water partition coefficient (Wildman–Crippen LogP) is 21.2. The van der Waals surface area contributed by atoms with Crippen molar-refractivity contribution < 1.29 is 21.9 Å².